The highest BCUT2D eigenvalue weighted by Crippen LogP contribution is 2.27. The Hall–Kier alpha value is -0.120. The van der Waals surface area contributed by atoms with Crippen LogP contribution < -0.4 is 5.73 Å². The molecule has 0 aromatic carbocycles. The smallest absolute Gasteiger partial charge is 0.0741 e. The summed E-state index contributed by atoms with van der Waals surface area (Å²) < 4.78 is 0. The van der Waals surface area contributed by atoms with E-state index in [1.807, 2.05) is 6.92 Å². The van der Waals surface area contributed by atoms with Crippen molar-refractivity contribution in [3.8, 4) is 0 Å². The van der Waals surface area contributed by atoms with E-state index < -0.39 is 5.60 Å². The molecule has 16 heavy (non-hydrogen) atoms. The Morgan fingerprint density at radius 2 is 1.94 bits per heavy atom. The summed E-state index contributed by atoms with van der Waals surface area (Å²) in [5.41, 5.74) is 4.85. The molecule has 1 rings (SSSR count). The Labute approximate surface area is 100 Å². The molecule has 0 aromatic rings. The first kappa shape index (κ1) is 13.9. The van der Waals surface area contributed by atoms with Gasteiger partial charge in [0.1, 0.15) is 0 Å². The van der Waals surface area contributed by atoms with Gasteiger partial charge in [-0.2, -0.15) is 0 Å². The first-order chi connectivity index (χ1) is 7.59. The van der Waals surface area contributed by atoms with E-state index in [9.17, 15) is 5.11 Å². The number of hydrogen-bond acceptors (Lipinski definition) is 3. The van der Waals surface area contributed by atoms with Crippen LogP contribution in [0, 0.1) is 0 Å². The quantitative estimate of drug-likeness (QED) is 0.632. The largest absolute Gasteiger partial charge is 0.389 e. The Morgan fingerprint density at radius 3 is 2.44 bits per heavy atom. The van der Waals surface area contributed by atoms with Gasteiger partial charge in [-0.05, 0) is 52.1 Å². The first-order valence-corrected chi connectivity index (χ1v) is 6.75. The zero-order valence-corrected chi connectivity index (χ0v) is 10.9. The van der Waals surface area contributed by atoms with Crippen molar-refractivity contribution >= 4 is 0 Å². The lowest BCUT2D eigenvalue weighted by Crippen LogP contribution is -2.36. The van der Waals surface area contributed by atoms with E-state index in [1.165, 1.54) is 32.2 Å². The van der Waals surface area contributed by atoms with E-state index in [2.05, 4.69) is 11.8 Å². The van der Waals surface area contributed by atoms with E-state index in [-0.39, 0.29) is 0 Å². The average Bonchev–Trinajstić information content (AvgIpc) is 3.07. The van der Waals surface area contributed by atoms with Crippen LogP contribution in [-0.4, -0.2) is 41.3 Å². The molecule has 1 unspecified atom stereocenters. The summed E-state index contributed by atoms with van der Waals surface area (Å²) in [5, 5.41) is 9.82. The fraction of sp³-hybridized carbons (Fsp3) is 1.00. The lowest BCUT2D eigenvalue weighted by atomic mass is 10.0. The van der Waals surface area contributed by atoms with Crippen LogP contribution in [0.15, 0.2) is 0 Å². The Kier molecular flexibility index (Phi) is 5.73. The maximum absolute atomic E-state index is 9.82. The predicted octanol–water partition coefficient (Wildman–Crippen LogP) is 1.74. The van der Waals surface area contributed by atoms with Gasteiger partial charge in [0, 0.05) is 12.6 Å². The molecule has 96 valence electrons. The number of nitrogens with zero attached hydrogens (tertiary/aromatic N) is 1. The third-order valence-electron chi connectivity index (χ3n) is 3.46. The van der Waals surface area contributed by atoms with Crippen molar-refractivity contribution in [3.05, 3.63) is 0 Å². The van der Waals surface area contributed by atoms with Gasteiger partial charge in [0.25, 0.3) is 0 Å². The SMILES string of the molecule is CCCCN(CCCC(C)(O)CN)C1CC1. The molecular formula is C13H28N2O. The molecule has 0 bridgehead atoms. The van der Waals surface area contributed by atoms with Crippen molar-refractivity contribution in [1.29, 1.82) is 0 Å². The predicted molar refractivity (Wildman–Crippen MR) is 68.4 cm³/mol. The highest BCUT2D eigenvalue weighted by molar-refractivity contribution is 4.85. The zero-order valence-electron chi connectivity index (χ0n) is 10.9. The molecule has 0 aromatic heterocycles. The Bertz CT molecular complexity index is 190. The van der Waals surface area contributed by atoms with Gasteiger partial charge in [-0.1, -0.05) is 13.3 Å². The third-order valence-corrected chi connectivity index (χ3v) is 3.46. The second-order valence-electron chi connectivity index (χ2n) is 5.43. The van der Waals surface area contributed by atoms with Gasteiger partial charge >= 0.3 is 0 Å². The zero-order chi connectivity index (χ0) is 12.0. The summed E-state index contributed by atoms with van der Waals surface area (Å²) in [6.07, 6.45) is 7.19. The van der Waals surface area contributed by atoms with Gasteiger partial charge < -0.3 is 15.7 Å². The van der Waals surface area contributed by atoms with Crippen LogP contribution in [0.2, 0.25) is 0 Å². The number of unbranched alkanes of at least 4 members (excludes halogenated alkanes) is 1. The minimum absolute atomic E-state index is 0.366. The van der Waals surface area contributed by atoms with Crippen LogP contribution in [0.4, 0.5) is 0 Å². The van der Waals surface area contributed by atoms with Gasteiger partial charge in [0.15, 0.2) is 0 Å². The topological polar surface area (TPSA) is 49.5 Å². The second kappa shape index (κ2) is 6.58. The highest BCUT2D eigenvalue weighted by atomic mass is 16.3. The molecule has 0 amide bonds. The Morgan fingerprint density at radius 1 is 1.31 bits per heavy atom. The normalized spacial score (nSPS) is 20.1. The molecule has 1 aliphatic rings. The Balaban J connectivity index is 2.17. The van der Waals surface area contributed by atoms with Crippen LogP contribution >= 0.6 is 0 Å². The molecule has 3 heteroatoms. The molecule has 0 saturated heterocycles. The van der Waals surface area contributed by atoms with E-state index in [0.29, 0.717) is 6.54 Å². The summed E-state index contributed by atoms with van der Waals surface area (Å²) in [6.45, 7) is 6.79. The van der Waals surface area contributed by atoms with Crippen LogP contribution in [0.25, 0.3) is 0 Å². The number of rotatable bonds is 9. The maximum atomic E-state index is 9.82. The number of aliphatic hydroxyl groups is 1. The highest BCUT2D eigenvalue weighted by Gasteiger charge is 2.28. The van der Waals surface area contributed by atoms with E-state index in [4.69, 9.17) is 5.73 Å². The summed E-state index contributed by atoms with van der Waals surface area (Å²) >= 11 is 0. The lowest BCUT2D eigenvalue weighted by molar-refractivity contribution is 0.0540. The minimum atomic E-state index is -0.667. The van der Waals surface area contributed by atoms with E-state index in [1.54, 1.807) is 0 Å². The minimum Gasteiger partial charge on any atom is -0.389 e. The second-order valence-corrected chi connectivity index (χ2v) is 5.43. The van der Waals surface area contributed by atoms with Crippen LogP contribution in [-0.2, 0) is 0 Å². The molecule has 1 atom stereocenters. The molecule has 0 spiro atoms. The maximum Gasteiger partial charge on any atom is 0.0741 e. The average molecular weight is 228 g/mol. The van der Waals surface area contributed by atoms with Crippen molar-refractivity contribution in [1.82, 2.24) is 4.90 Å². The van der Waals surface area contributed by atoms with Crippen molar-refractivity contribution in [2.45, 2.75) is 64.0 Å². The van der Waals surface area contributed by atoms with E-state index in [0.717, 1.165) is 25.4 Å². The van der Waals surface area contributed by atoms with Gasteiger partial charge in [0.05, 0.1) is 5.60 Å². The fourth-order valence-corrected chi connectivity index (χ4v) is 2.04. The van der Waals surface area contributed by atoms with Crippen LogP contribution in [0.1, 0.15) is 52.4 Å². The van der Waals surface area contributed by atoms with Crippen molar-refractivity contribution in [2.24, 2.45) is 5.73 Å². The van der Waals surface area contributed by atoms with Gasteiger partial charge in [-0.15, -0.1) is 0 Å². The first-order valence-electron chi connectivity index (χ1n) is 6.75. The molecule has 1 aliphatic carbocycles. The van der Waals surface area contributed by atoms with Crippen molar-refractivity contribution in [2.75, 3.05) is 19.6 Å². The standard InChI is InChI=1S/C13H28N2O/c1-3-4-9-15(12-6-7-12)10-5-8-13(2,16)11-14/h12,16H,3-11,14H2,1-2H3. The number of nitrogens with two attached hydrogens (primary N) is 1. The third kappa shape index (κ3) is 5.28. The molecular weight excluding hydrogens is 200 g/mol. The van der Waals surface area contributed by atoms with Gasteiger partial charge in [0.2, 0.25) is 0 Å². The molecule has 1 fully saturated rings. The summed E-state index contributed by atoms with van der Waals surface area (Å²) in [4.78, 5) is 2.59. The summed E-state index contributed by atoms with van der Waals surface area (Å²) in [7, 11) is 0. The van der Waals surface area contributed by atoms with Crippen LogP contribution in [0.5, 0.6) is 0 Å². The number of hydrogen-bond donors (Lipinski definition) is 2. The monoisotopic (exact) mass is 228 g/mol. The summed E-state index contributed by atoms with van der Waals surface area (Å²) in [5.74, 6) is 0. The molecule has 0 aliphatic heterocycles. The lowest BCUT2D eigenvalue weighted by Gasteiger charge is -2.25. The molecule has 3 N–H and O–H groups in total. The van der Waals surface area contributed by atoms with Gasteiger partial charge in [-0.25, -0.2) is 0 Å². The van der Waals surface area contributed by atoms with Gasteiger partial charge in [-0.3, -0.25) is 0 Å². The molecule has 3 nitrogen and oxygen atoms in total. The molecule has 0 radical (unpaired) electrons. The molecule has 1 saturated carbocycles. The van der Waals surface area contributed by atoms with Crippen molar-refractivity contribution in [3.63, 3.8) is 0 Å². The fourth-order valence-electron chi connectivity index (χ4n) is 2.04. The van der Waals surface area contributed by atoms with E-state index >= 15 is 0 Å². The van der Waals surface area contributed by atoms with Crippen LogP contribution in [0.3, 0.4) is 0 Å². The van der Waals surface area contributed by atoms with Crippen molar-refractivity contribution < 1.29 is 5.11 Å². The molecule has 0 heterocycles. The summed E-state index contributed by atoms with van der Waals surface area (Å²) in [6, 6.07) is 0.842.